The van der Waals surface area contributed by atoms with Gasteiger partial charge in [-0.2, -0.15) is 4.31 Å². The van der Waals surface area contributed by atoms with Crippen LogP contribution in [-0.4, -0.2) is 48.1 Å². The summed E-state index contributed by atoms with van der Waals surface area (Å²) in [7, 11) is -3.85. The predicted octanol–water partition coefficient (Wildman–Crippen LogP) is 1.76. The van der Waals surface area contributed by atoms with E-state index in [4.69, 9.17) is 4.74 Å². The number of carbonyl (C=O) groups is 1. The maximum atomic E-state index is 13.1. The fourth-order valence-electron chi connectivity index (χ4n) is 3.47. The largest absolute Gasteiger partial charge is 0.492 e. The Bertz CT molecular complexity index is 1390. The van der Waals surface area contributed by atoms with Crippen molar-refractivity contribution in [2.45, 2.75) is 32.2 Å². The smallest absolute Gasteiger partial charge is 0.273 e. The van der Waals surface area contributed by atoms with Crippen LogP contribution in [0.25, 0.3) is 10.8 Å². The lowest BCUT2D eigenvalue weighted by atomic mass is 10.2. The van der Waals surface area contributed by atoms with Crippen LogP contribution in [0.15, 0.2) is 56.9 Å². The van der Waals surface area contributed by atoms with E-state index in [-0.39, 0.29) is 46.8 Å². The third kappa shape index (κ3) is 4.99. The molecule has 33 heavy (non-hydrogen) atoms. The van der Waals surface area contributed by atoms with Crippen molar-refractivity contribution < 1.29 is 17.9 Å². The van der Waals surface area contributed by atoms with Crippen LogP contribution < -0.4 is 21.2 Å². The van der Waals surface area contributed by atoms with Gasteiger partial charge in [0.15, 0.2) is 0 Å². The molecule has 0 aliphatic carbocycles. The zero-order valence-corrected chi connectivity index (χ0v) is 19.4. The third-order valence-electron chi connectivity index (χ3n) is 5.04. The summed E-state index contributed by atoms with van der Waals surface area (Å²) in [6.45, 7) is 5.57. The molecule has 0 aliphatic heterocycles. The van der Waals surface area contributed by atoms with Crippen molar-refractivity contribution in [3.05, 3.63) is 63.2 Å². The van der Waals surface area contributed by atoms with Crippen LogP contribution in [-0.2, 0) is 21.4 Å². The molecular weight excluding hydrogens is 448 g/mol. The number of ether oxygens (including phenoxy) is 1. The Labute approximate surface area is 190 Å². The number of hydrogen-bond donors (Lipinski definition) is 2. The highest BCUT2D eigenvalue weighted by molar-refractivity contribution is 7.89. The number of hydrogen-bond acceptors (Lipinski definition) is 6. The molecule has 1 amide bonds. The zero-order chi connectivity index (χ0) is 24.2. The Kier molecular flexibility index (Phi) is 7.34. The number of rotatable bonds is 9. The molecular formula is C22H26N4O6S. The van der Waals surface area contributed by atoms with Crippen LogP contribution in [0, 0.1) is 0 Å². The summed E-state index contributed by atoms with van der Waals surface area (Å²) in [6.07, 6.45) is 0. The van der Waals surface area contributed by atoms with Crippen LogP contribution >= 0.6 is 0 Å². The molecule has 2 N–H and O–H groups in total. The number of nitrogens with one attached hydrogen (secondary N) is 2. The molecule has 0 spiro atoms. The summed E-state index contributed by atoms with van der Waals surface area (Å²) in [6, 6.07) is 10.6. The van der Waals surface area contributed by atoms with E-state index in [0.29, 0.717) is 0 Å². The third-order valence-corrected chi connectivity index (χ3v) is 7.11. The van der Waals surface area contributed by atoms with Crippen molar-refractivity contribution in [1.82, 2.24) is 14.1 Å². The normalized spacial score (nSPS) is 11.6. The van der Waals surface area contributed by atoms with Crippen LogP contribution in [0.3, 0.4) is 0 Å². The molecule has 3 rings (SSSR count). The minimum Gasteiger partial charge on any atom is -0.492 e. The lowest BCUT2D eigenvalue weighted by Gasteiger charge is -2.21. The molecule has 0 atom stereocenters. The summed E-state index contributed by atoms with van der Waals surface area (Å²) in [5, 5.41) is 5.41. The van der Waals surface area contributed by atoms with E-state index in [0.717, 1.165) is 4.68 Å². The summed E-state index contributed by atoms with van der Waals surface area (Å²) in [5.41, 5.74) is -0.797. The quantitative estimate of drug-likeness (QED) is 0.486. The van der Waals surface area contributed by atoms with E-state index in [9.17, 15) is 22.8 Å². The number of aromatic amines is 1. The van der Waals surface area contributed by atoms with Crippen molar-refractivity contribution >= 4 is 32.4 Å². The van der Waals surface area contributed by atoms with Crippen molar-refractivity contribution in [2.24, 2.45) is 0 Å². The first-order valence-corrected chi connectivity index (χ1v) is 12.0. The SMILES string of the molecule is CCOc1ccc(NC(=O)Cn2[nH]c(=O)c3ccccc3c2=O)cc1S(=O)(=O)N(CC)CC. The summed E-state index contributed by atoms with van der Waals surface area (Å²) < 4.78 is 33.8. The molecule has 2 aromatic carbocycles. The lowest BCUT2D eigenvalue weighted by molar-refractivity contribution is -0.117. The fraction of sp³-hybridized carbons (Fsp3) is 0.318. The second kappa shape index (κ2) is 10.0. The molecule has 0 fully saturated rings. The fourth-order valence-corrected chi connectivity index (χ4v) is 5.08. The van der Waals surface area contributed by atoms with Gasteiger partial charge in [0, 0.05) is 18.8 Å². The average Bonchev–Trinajstić information content (AvgIpc) is 2.79. The highest BCUT2D eigenvalue weighted by atomic mass is 32.2. The molecule has 1 heterocycles. The van der Waals surface area contributed by atoms with Crippen molar-refractivity contribution in [1.29, 1.82) is 0 Å². The van der Waals surface area contributed by atoms with Gasteiger partial charge in [-0.1, -0.05) is 26.0 Å². The maximum absolute atomic E-state index is 13.1. The van der Waals surface area contributed by atoms with Gasteiger partial charge in [0.1, 0.15) is 17.2 Å². The van der Waals surface area contributed by atoms with Gasteiger partial charge < -0.3 is 10.1 Å². The van der Waals surface area contributed by atoms with E-state index < -0.39 is 33.6 Å². The second-order valence-electron chi connectivity index (χ2n) is 7.11. The molecule has 0 saturated heterocycles. The van der Waals surface area contributed by atoms with Crippen LogP contribution in [0.1, 0.15) is 20.8 Å². The Morgan fingerprint density at radius 1 is 1.06 bits per heavy atom. The molecule has 0 aliphatic rings. The number of benzene rings is 2. The van der Waals surface area contributed by atoms with Gasteiger partial charge in [-0.15, -0.1) is 0 Å². The molecule has 0 bridgehead atoms. The summed E-state index contributed by atoms with van der Waals surface area (Å²) in [4.78, 5) is 37.4. The van der Waals surface area contributed by atoms with Crippen molar-refractivity contribution in [3.63, 3.8) is 0 Å². The van der Waals surface area contributed by atoms with E-state index in [1.807, 2.05) is 0 Å². The molecule has 10 nitrogen and oxygen atoms in total. The summed E-state index contributed by atoms with van der Waals surface area (Å²) in [5.74, 6) is -0.434. The van der Waals surface area contributed by atoms with Crippen LogP contribution in [0.4, 0.5) is 5.69 Å². The first-order valence-electron chi connectivity index (χ1n) is 10.5. The number of nitrogens with zero attached hydrogens (tertiary/aromatic N) is 2. The zero-order valence-electron chi connectivity index (χ0n) is 18.6. The highest BCUT2D eigenvalue weighted by Gasteiger charge is 2.26. The predicted molar refractivity (Wildman–Crippen MR) is 125 cm³/mol. The average molecular weight is 475 g/mol. The van der Waals surface area contributed by atoms with Gasteiger partial charge in [0.25, 0.3) is 11.1 Å². The van der Waals surface area contributed by atoms with Gasteiger partial charge in [-0.25, -0.2) is 13.1 Å². The summed E-state index contributed by atoms with van der Waals surface area (Å²) >= 11 is 0. The number of sulfonamides is 1. The highest BCUT2D eigenvalue weighted by Crippen LogP contribution is 2.30. The molecule has 3 aromatic rings. The number of fused-ring (bicyclic) bond motifs is 1. The van der Waals surface area contributed by atoms with E-state index in [1.165, 1.54) is 34.6 Å². The first-order chi connectivity index (χ1) is 15.7. The van der Waals surface area contributed by atoms with Gasteiger partial charge in [-0.3, -0.25) is 19.5 Å². The standard InChI is InChI=1S/C22H26N4O6S/c1-4-25(5-2)33(30,31)19-13-15(11-12-18(19)32-6-3)23-20(27)14-26-22(29)17-10-8-7-9-16(17)21(28)24-26/h7-13H,4-6,14H2,1-3H3,(H,23,27)(H,24,28). The maximum Gasteiger partial charge on any atom is 0.273 e. The van der Waals surface area contributed by atoms with Gasteiger partial charge in [0.05, 0.1) is 17.4 Å². The van der Waals surface area contributed by atoms with E-state index >= 15 is 0 Å². The molecule has 1 aromatic heterocycles. The molecule has 0 radical (unpaired) electrons. The molecule has 0 saturated carbocycles. The van der Waals surface area contributed by atoms with E-state index in [2.05, 4.69) is 10.4 Å². The number of anilines is 1. The Morgan fingerprint density at radius 3 is 2.36 bits per heavy atom. The minimum absolute atomic E-state index is 0.0675. The van der Waals surface area contributed by atoms with Gasteiger partial charge in [0.2, 0.25) is 15.9 Å². The molecule has 11 heteroatoms. The second-order valence-corrected chi connectivity index (χ2v) is 9.02. The minimum atomic E-state index is -3.85. The van der Waals surface area contributed by atoms with Crippen LogP contribution in [0.5, 0.6) is 5.75 Å². The monoisotopic (exact) mass is 474 g/mol. The number of aromatic nitrogens is 2. The Morgan fingerprint density at radius 2 is 1.73 bits per heavy atom. The van der Waals surface area contributed by atoms with Crippen molar-refractivity contribution in [3.8, 4) is 5.75 Å². The molecule has 176 valence electrons. The van der Waals surface area contributed by atoms with Gasteiger partial charge >= 0.3 is 0 Å². The number of amides is 1. The Hall–Kier alpha value is -3.44. The topological polar surface area (TPSA) is 131 Å². The lowest BCUT2D eigenvalue weighted by Crippen LogP contribution is -2.34. The number of carbonyl (C=O) groups excluding carboxylic acids is 1. The van der Waals surface area contributed by atoms with Crippen molar-refractivity contribution in [2.75, 3.05) is 25.0 Å². The van der Waals surface area contributed by atoms with E-state index in [1.54, 1.807) is 32.9 Å². The van der Waals surface area contributed by atoms with Gasteiger partial charge in [-0.05, 0) is 37.3 Å². The van der Waals surface area contributed by atoms with Crippen LogP contribution in [0.2, 0.25) is 0 Å². The number of H-pyrrole nitrogens is 1. The first kappa shape index (κ1) is 24.2. The molecule has 0 unspecified atom stereocenters. The Balaban J connectivity index is 1.92.